The molecule has 0 aromatic carbocycles. The second kappa shape index (κ2) is 7.63. The third-order valence-electron chi connectivity index (χ3n) is 4.73. The van der Waals surface area contributed by atoms with E-state index in [2.05, 4.69) is 32.2 Å². The summed E-state index contributed by atoms with van der Waals surface area (Å²) in [5.74, 6) is 0.917. The molecule has 7 nitrogen and oxygen atoms in total. The topological polar surface area (TPSA) is 83.9 Å². The summed E-state index contributed by atoms with van der Waals surface area (Å²) in [6, 6.07) is 5.54. The lowest BCUT2D eigenvalue weighted by atomic mass is 9.93. The second-order valence-corrected chi connectivity index (χ2v) is 8.32. The van der Waals surface area contributed by atoms with Gasteiger partial charge < -0.3 is 4.90 Å². The van der Waals surface area contributed by atoms with E-state index < -0.39 is 0 Å². The molecule has 28 heavy (non-hydrogen) atoms. The molecule has 3 aromatic heterocycles. The third-order valence-corrected chi connectivity index (χ3v) is 5.77. The van der Waals surface area contributed by atoms with Crippen LogP contribution >= 0.6 is 11.3 Å². The number of thiazole rings is 1. The van der Waals surface area contributed by atoms with Gasteiger partial charge in [0.15, 0.2) is 5.13 Å². The van der Waals surface area contributed by atoms with Gasteiger partial charge in [-0.15, -0.1) is 11.3 Å². The van der Waals surface area contributed by atoms with Gasteiger partial charge in [0.05, 0.1) is 17.0 Å². The van der Waals surface area contributed by atoms with Crippen molar-refractivity contribution < 1.29 is 4.79 Å². The predicted octanol–water partition coefficient (Wildman–Crippen LogP) is 3.44. The number of fused-ring (bicyclic) bond motifs is 1. The average molecular weight is 395 g/mol. The molecule has 1 atom stereocenters. The van der Waals surface area contributed by atoms with E-state index in [4.69, 9.17) is 0 Å². The lowest BCUT2D eigenvalue weighted by Crippen LogP contribution is -2.18. The molecule has 0 aliphatic heterocycles. The first-order valence-electron chi connectivity index (χ1n) is 9.27. The molecular formula is C20H22N6OS. The van der Waals surface area contributed by atoms with Gasteiger partial charge in [-0.05, 0) is 37.3 Å². The number of aryl methyl sites for hydroxylation is 1. The van der Waals surface area contributed by atoms with E-state index >= 15 is 0 Å². The summed E-state index contributed by atoms with van der Waals surface area (Å²) in [5, 5.41) is 3.57. The van der Waals surface area contributed by atoms with Gasteiger partial charge in [-0.25, -0.2) is 15.0 Å². The Kier molecular flexibility index (Phi) is 5.04. The van der Waals surface area contributed by atoms with Crippen LogP contribution in [0.3, 0.4) is 0 Å². The Hall–Kier alpha value is -2.87. The number of nitrogens with zero attached hydrogens (tertiary/aromatic N) is 5. The van der Waals surface area contributed by atoms with Crippen LogP contribution in [0.5, 0.6) is 0 Å². The van der Waals surface area contributed by atoms with Crippen LogP contribution in [0.15, 0.2) is 30.6 Å². The van der Waals surface area contributed by atoms with Crippen molar-refractivity contribution in [2.45, 2.75) is 26.2 Å². The number of rotatable bonds is 4. The molecule has 0 bridgehead atoms. The molecule has 0 spiro atoms. The number of pyridine rings is 1. The molecule has 1 unspecified atom stereocenters. The summed E-state index contributed by atoms with van der Waals surface area (Å²) in [6.07, 6.45) is 6.39. The van der Waals surface area contributed by atoms with E-state index in [9.17, 15) is 4.79 Å². The Morgan fingerprint density at radius 1 is 1.25 bits per heavy atom. The van der Waals surface area contributed by atoms with Gasteiger partial charge in [0, 0.05) is 31.4 Å². The Balaban J connectivity index is 1.66. The zero-order valence-electron chi connectivity index (χ0n) is 16.1. The minimum Gasteiger partial charge on any atom is -0.347 e. The van der Waals surface area contributed by atoms with E-state index in [0.29, 0.717) is 33.9 Å². The summed E-state index contributed by atoms with van der Waals surface area (Å²) in [6.45, 7) is 2.25. The molecule has 1 N–H and O–H groups in total. The normalized spacial score (nSPS) is 15.8. The van der Waals surface area contributed by atoms with Crippen molar-refractivity contribution in [2.75, 3.05) is 24.3 Å². The van der Waals surface area contributed by atoms with Gasteiger partial charge >= 0.3 is 0 Å². The average Bonchev–Trinajstić information content (AvgIpc) is 3.09. The SMILES string of the molecule is CC1CCc2nc(NC(=O)c3cnc(N(C)C)nc3-c3ccccn3)sc2C1. The smallest absolute Gasteiger partial charge is 0.261 e. The fourth-order valence-electron chi connectivity index (χ4n) is 3.21. The summed E-state index contributed by atoms with van der Waals surface area (Å²) in [5.41, 5.74) is 2.63. The third kappa shape index (κ3) is 3.73. The van der Waals surface area contributed by atoms with Crippen molar-refractivity contribution in [3.8, 4) is 11.4 Å². The summed E-state index contributed by atoms with van der Waals surface area (Å²) >= 11 is 1.56. The number of aromatic nitrogens is 4. The van der Waals surface area contributed by atoms with Gasteiger partial charge in [-0.3, -0.25) is 15.1 Å². The minimum absolute atomic E-state index is 0.273. The molecule has 3 aromatic rings. The van der Waals surface area contributed by atoms with Crippen molar-refractivity contribution in [1.29, 1.82) is 0 Å². The van der Waals surface area contributed by atoms with Crippen LogP contribution in [0.2, 0.25) is 0 Å². The molecule has 1 aliphatic carbocycles. The lowest BCUT2D eigenvalue weighted by molar-refractivity contribution is 0.102. The highest BCUT2D eigenvalue weighted by Gasteiger charge is 2.22. The van der Waals surface area contributed by atoms with Crippen molar-refractivity contribution in [1.82, 2.24) is 19.9 Å². The van der Waals surface area contributed by atoms with Gasteiger partial charge in [-0.1, -0.05) is 13.0 Å². The molecule has 1 amide bonds. The van der Waals surface area contributed by atoms with Crippen LogP contribution < -0.4 is 10.2 Å². The number of anilines is 2. The quantitative estimate of drug-likeness (QED) is 0.730. The van der Waals surface area contributed by atoms with Crippen LogP contribution in [-0.2, 0) is 12.8 Å². The first kappa shape index (κ1) is 18.5. The zero-order valence-corrected chi connectivity index (χ0v) is 17.0. The van der Waals surface area contributed by atoms with E-state index in [0.717, 1.165) is 25.0 Å². The van der Waals surface area contributed by atoms with Crippen LogP contribution in [0, 0.1) is 5.92 Å². The molecule has 0 fully saturated rings. The number of carbonyl (C=O) groups is 1. The minimum atomic E-state index is -0.273. The first-order chi connectivity index (χ1) is 13.5. The molecule has 0 radical (unpaired) electrons. The summed E-state index contributed by atoms with van der Waals surface area (Å²) in [4.78, 5) is 33.9. The molecule has 4 rings (SSSR count). The van der Waals surface area contributed by atoms with Crippen LogP contribution in [0.1, 0.15) is 34.3 Å². The first-order valence-corrected chi connectivity index (χ1v) is 10.1. The fraction of sp³-hybridized carbons (Fsp3) is 0.350. The Labute approximate surface area is 167 Å². The lowest BCUT2D eigenvalue weighted by Gasteiger charge is -2.15. The van der Waals surface area contributed by atoms with Crippen molar-refractivity contribution in [3.05, 3.63) is 46.7 Å². The van der Waals surface area contributed by atoms with Crippen LogP contribution in [0.4, 0.5) is 11.1 Å². The summed E-state index contributed by atoms with van der Waals surface area (Å²) in [7, 11) is 3.72. The van der Waals surface area contributed by atoms with Crippen molar-refractivity contribution >= 4 is 28.3 Å². The number of carbonyl (C=O) groups excluding carboxylic acids is 1. The van der Waals surface area contributed by atoms with Gasteiger partial charge in [0.2, 0.25) is 5.95 Å². The van der Waals surface area contributed by atoms with E-state index in [1.165, 1.54) is 4.88 Å². The molecular weight excluding hydrogens is 372 g/mol. The second-order valence-electron chi connectivity index (χ2n) is 7.23. The fourth-order valence-corrected chi connectivity index (χ4v) is 4.38. The monoisotopic (exact) mass is 394 g/mol. The van der Waals surface area contributed by atoms with Gasteiger partial charge in [0.1, 0.15) is 5.69 Å². The largest absolute Gasteiger partial charge is 0.347 e. The zero-order chi connectivity index (χ0) is 19.7. The predicted molar refractivity (Wildman–Crippen MR) is 111 cm³/mol. The molecule has 1 aliphatic rings. The highest BCUT2D eigenvalue weighted by molar-refractivity contribution is 7.15. The van der Waals surface area contributed by atoms with Gasteiger partial charge in [0.25, 0.3) is 5.91 Å². The van der Waals surface area contributed by atoms with Crippen LogP contribution in [-0.4, -0.2) is 39.9 Å². The molecule has 144 valence electrons. The highest BCUT2D eigenvalue weighted by Crippen LogP contribution is 2.32. The molecule has 0 saturated carbocycles. The number of hydrogen-bond donors (Lipinski definition) is 1. The van der Waals surface area contributed by atoms with E-state index in [1.807, 2.05) is 32.3 Å². The summed E-state index contributed by atoms with van der Waals surface area (Å²) < 4.78 is 0. The maximum atomic E-state index is 13.0. The maximum absolute atomic E-state index is 13.0. The number of amides is 1. The standard InChI is InChI=1S/C20H22N6OS/c1-12-7-8-14-16(10-12)28-20(23-14)25-18(27)13-11-22-19(26(2)3)24-17(13)15-6-4-5-9-21-15/h4-6,9,11-12H,7-8,10H2,1-3H3,(H,23,25,27). The number of nitrogens with one attached hydrogen (secondary N) is 1. The molecule has 0 saturated heterocycles. The van der Waals surface area contributed by atoms with Gasteiger partial charge in [-0.2, -0.15) is 0 Å². The maximum Gasteiger partial charge on any atom is 0.261 e. The Morgan fingerprint density at radius 3 is 2.86 bits per heavy atom. The van der Waals surface area contributed by atoms with Crippen molar-refractivity contribution in [2.24, 2.45) is 5.92 Å². The van der Waals surface area contributed by atoms with E-state index in [-0.39, 0.29) is 5.91 Å². The van der Waals surface area contributed by atoms with E-state index in [1.54, 1.807) is 28.6 Å². The van der Waals surface area contributed by atoms with Crippen LogP contribution in [0.25, 0.3) is 11.4 Å². The number of hydrogen-bond acceptors (Lipinski definition) is 7. The Bertz CT molecular complexity index is 1000. The molecule has 3 heterocycles. The van der Waals surface area contributed by atoms with Crippen molar-refractivity contribution in [3.63, 3.8) is 0 Å². The molecule has 8 heteroatoms. The Morgan fingerprint density at radius 2 is 2.11 bits per heavy atom. The highest BCUT2D eigenvalue weighted by atomic mass is 32.1.